The summed E-state index contributed by atoms with van der Waals surface area (Å²) in [6.07, 6.45) is 3.45. The predicted octanol–water partition coefficient (Wildman–Crippen LogP) is 4.72. The highest BCUT2D eigenvalue weighted by molar-refractivity contribution is 5.90. The van der Waals surface area contributed by atoms with E-state index in [1.165, 1.54) is 0 Å². The molecule has 0 spiro atoms. The van der Waals surface area contributed by atoms with E-state index in [9.17, 15) is 0 Å². The van der Waals surface area contributed by atoms with E-state index in [1.54, 1.807) is 28.8 Å². The quantitative estimate of drug-likeness (QED) is 0.367. The summed E-state index contributed by atoms with van der Waals surface area (Å²) in [5.74, 6) is 2.13. The second-order valence-corrected chi connectivity index (χ2v) is 7.75. The van der Waals surface area contributed by atoms with Crippen LogP contribution in [0, 0.1) is 0 Å². The van der Waals surface area contributed by atoms with Gasteiger partial charge in [0.1, 0.15) is 24.4 Å². The third-order valence-electron chi connectivity index (χ3n) is 5.54. The van der Waals surface area contributed by atoms with Crippen LogP contribution in [0.25, 0.3) is 33.8 Å². The minimum atomic E-state index is 0.421. The summed E-state index contributed by atoms with van der Waals surface area (Å²) >= 11 is 0. The number of fused-ring (bicyclic) bond motifs is 3. The number of rotatable bonds is 6. The first-order chi connectivity index (χ1) is 16.8. The van der Waals surface area contributed by atoms with Crippen molar-refractivity contribution in [3.8, 4) is 28.6 Å². The van der Waals surface area contributed by atoms with Crippen molar-refractivity contribution in [1.29, 1.82) is 0 Å². The zero-order valence-corrected chi connectivity index (χ0v) is 18.4. The van der Waals surface area contributed by atoms with Crippen LogP contribution in [-0.2, 0) is 6.61 Å². The average molecular weight is 448 g/mol. The zero-order chi connectivity index (χ0) is 22.9. The lowest BCUT2D eigenvalue weighted by atomic mass is 10.1. The molecule has 0 aliphatic carbocycles. The zero-order valence-electron chi connectivity index (χ0n) is 18.4. The first-order valence-electron chi connectivity index (χ1n) is 10.8. The third kappa shape index (κ3) is 3.61. The first-order valence-corrected chi connectivity index (χ1v) is 10.8. The van der Waals surface area contributed by atoms with Crippen molar-refractivity contribution < 1.29 is 9.47 Å². The summed E-state index contributed by atoms with van der Waals surface area (Å²) in [6.45, 7) is 0.421. The maximum absolute atomic E-state index is 5.94. The fourth-order valence-corrected chi connectivity index (χ4v) is 3.86. The molecule has 0 unspecified atom stereocenters. The smallest absolute Gasteiger partial charge is 0.182 e. The molecule has 8 nitrogen and oxygen atoms in total. The number of aromatic nitrogens is 6. The van der Waals surface area contributed by atoms with Crippen LogP contribution in [0.3, 0.4) is 0 Å². The largest absolute Gasteiger partial charge is 0.497 e. The Hall–Kier alpha value is -4.72. The summed E-state index contributed by atoms with van der Waals surface area (Å²) in [5.41, 5.74) is 4.30. The summed E-state index contributed by atoms with van der Waals surface area (Å²) in [7, 11) is 1.64. The van der Waals surface area contributed by atoms with Gasteiger partial charge in [-0.1, -0.05) is 42.5 Å². The van der Waals surface area contributed by atoms with Crippen LogP contribution < -0.4 is 9.47 Å². The van der Waals surface area contributed by atoms with Gasteiger partial charge in [-0.05, 0) is 35.9 Å². The molecule has 0 saturated heterocycles. The van der Waals surface area contributed by atoms with Crippen molar-refractivity contribution in [2.45, 2.75) is 6.61 Å². The number of hydrogen-bond donors (Lipinski definition) is 0. The van der Waals surface area contributed by atoms with Crippen molar-refractivity contribution >= 4 is 16.7 Å². The molecule has 8 heteroatoms. The molecule has 3 aromatic carbocycles. The molecule has 166 valence electrons. The number of nitrogens with zero attached hydrogens (tertiary/aromatic N) is 6. The van der Waals surface area contributed by atoms with Crippen molar-refractivity contribution in [3.63, 3.8) is 0 Å². The third-order valence-corrected chi connectivity index (χ3v) is 5.54. The van der Waals surface area contributed by atoms with Gasteiger partial charge < -0.3 is 9.47 Å². The van der Waals surface area contributed by atoms with Crippen LogP contribution in [-0.4, -0.2) is 36.5 Å². The first kappa shape index (κ1) is 19.9. The molecule has 6 rings (SSSR count). The van der Waals surface area contributed by atoms with Gasteiger partial charge in [0, 0.05) is 11.6 Å². The van der Waals surface area contributed by atoms with Gasteiger partial charge in [0.2, 0.25) is 0 Å². The van der Waals surface area contributed by atoms with Crippen LogP contribution in [0.1, 0.15) is 5.56 Å². The van der Waals surface area contributed by atoms with E-state index < -0.39 is 0 Å². The van der Waals surface area contributed by atoms with Crippen LogP contribution >= 0.6 is 0 Å². The van der Waals surface area contributed by atoms with Crippen molar-refractivity contribution in [2.75, 3.05) is 7.11 Å². The second-order valence-electron chi connectivity index (χ2n) is 7.75. The maximum atomic E-state index is 5.94. The molecule has 3 heterocycles. The lowest BCUT2D eigenvalue weighted by Gasteiger charge is -2.08. The van der Waals surface area contributed by atoms with Gasteiger partial charge >= 0.3 is 0 Å². The fraction of sp³-hybridized carbons (Fsp3) is 0.0769. The van der Waals surface area contributed by atoms with Gasteiger partial charge in [-0.15, -0.1) is 5.10 Å². The highest BCUT2D eigenvalue weighted by Crippen LogP contribution is 2.24. The molecule has 0 bridgehead atoms. The van der Waals surface area contributed by atoms with Gasteiger partial charge in [0.25, 0.3) is 0 Å². The van der Waals surface area contributed by atoms with E-state index in [0.717, 1.165) is 39.3 Å². The highest BCUT2D eigenvalue weighted by Gasteiger charge is 2.14. The van der Waals surface area contributed by atoms with Gasteiger partial charge in [0.05, 0.1) is 24.4 Å². The molecule has 34 heavy (non-hydrogen) atoms. The van der Waals surface area contributed by atoms with Crippen LogP contribution in [0.4, 0.5) is 0 Å². The Labute approximate surface area is 195 Å². The number of methoxy groups -OCH3 is 1. The fourth-order valence-electron chi connectivity index (χ4n) is 3.86. The van der Waals surface area contributed by atoms with E-state index in [-0.39, 0.29) is 0 Å². The molecule has 0 fully saturated rings. The van der Waals surface area contributed by atoms with Crippen molar-refractivity contribution in [3.05, 3.63) is 97.0 Å². The summed E-state index contributed by atoms with van der Waals surface area (Å²) in [4.78, 5) is 9.38. The number of benzene rings is 3. The molecule has 0 aliphatic heterocycles. The molecule has 0 aliphatic rings. The molecule has 3 aromatic heterocycles. The maximum Gasteiger partial charge on any atom is 0.182 e. The number of para-hydroxylation sites is 1. The molecule has 0 atom stereocenters. The normalized spacial score (nSPS) is 11.2. The Kier molecular flexibility index (Phi) is 4.88. The van der Waals surface area contributed by atoms with Gasteiger partial charge in [0.15, 0.2) is 17.1 Å². The van der Waals surface area contributed by atoms with Crippen molar-refractivity contribution in [1.82, 2.24) is 29.4 Å². The summed E-state index contributed by atoms with van der Waals surface area (Å²) < 4.78 is 14.7. The number of hydrogen-bond acceptors (Lipinski definition) is 6. The Morgan fingerprint density at radius 1 is 0.853 bits per heavy atom. The highest BCUT2D eigenvalue weighted by atomic mass is 16.5. The van der Waals surface area contributed by atoms with Gasteiger partial charge in [-0.25, -0.2) is 19.2 Å². The van der Waals surface area contributed by atoms with Crippen LogP contribution in [0.2, 0.25) is 0 Å². The monoisotopic (exact) mass is 448 g/mol. The average Bonchev–Trinajstić information content (AvgIpc) is 3.53. The second kappa shape index (κ2) is 8.32. The number of ether oxygens (including phenoxy) is 2. The molecule has 0 amide bonds. The molecule has 6 aromatic rings. The summed E-state index contributed by atoms with van der Waals surface area (Å²) in [5, 5.41) is 10.0. The van der Waals surface area contributed by atoms with E-state index in [1.807, 2.05) is 78.9 Å². The molecule has 0 N–H and O–H groups in total. The topological polar surface area (TPSA) is 79.4 Å². The molecule has 0 saturated carbocycles. The van der Waals surface area contributed by atoms with E-state index >= 15 is 0 Å². The Morgan fingerprint density at radius 3 is 2.59 bits per heavy atom. The SMILES string of the molecule is COc1cccc(OCc2cccc(-c3nc4c5cnn(-c6ccccc6)c5ncn4n3)c2)c1. The predicted molar refractivity (Wildman–Crippen MR) is 128 cm³/mol. The van der Waals surface area contributed by atoms with Crippen LogP contribution in [0.15, 0.2) is 91.4 Å². The Bertz CT molecular complexity index is 1610. The minimum absolute atomic E-state index is 0.421. The lowest BCUT2D eigenvalue weighted by Crippen LogP contribution is -1.98. The van der Waals surface area contributed by atoms with E-state index in [0.29, 0.717) is 18.1 Å². The van der Waals surface area contributed by atoms with Gasteiger partial charge in [-0.3, -0.25) is 0 Å². The Balaban J connectivity index is 1.31. The van der Waals surface area contributed by atoms with E-state index in [4.69, 9.17) is 14.5 Å². The van der Waals surface area contributed by atoms with Crippen LogP contribution in [0.5, 0.6) is 11.5 Å². The molecular weight excluding hydrogens is 428 g/mol. The van der Waals surface area contributed by atoms with Crippen molar-refractivity contribution in [2.24, 2.45) is 0 Å². The lowest BCUT2D eigenvalue weighted by molar-refractivity contribution is 0.303. The standard InChI is InChI=1S/C26H20N6O2/c1-33-21-11-6-12-22(14-21)34-16-18-7-5-8-19(13-18)24-29-26-23-15-28-32(20-9-3-2-4-10-20)25(23)27-17-31(26)30-24/h2-15,17H,16H2,1H3. The summed E-state index contributed by atoms with van der Waals surface area (Å²) in [6, 6.07) is 25.5. The van der Waals surface area contributed by atoms with Gasteiger partial charge in [-0.2, -0.15) is 5.10 Å². The Morgan fingerprint density at radius 2 is 1.71 bits per heavy atom. The van der Waals surface area contributed by atoms with E-state index in [2.05, 4.69) is 15.2 Å². The minimum Gasteiger partial charge on any atom is -0.497 e. The molecular formula is C26H20N6O2. The molecule has 0 radical (unpaired) electrons.